The lowest BCUT2D eigenvalue weighted by molar-refractivity contribution is 0.303. The molecule has 0 unspecified atom stereocenters. The molecule has 0 aromatic heterocycles. The summed E-state index contributed by atoms with van der Waals surface area (Å²) in [6.45, 7) is 2.93. The largest absolute Gasteiger partial charge is 0.492 e. The number of ether oxygens (including phenoxy) is 1. The highest BCUT2D eigenvalue weighted by Crippen LogP contribution is 2.29. The quantitative estimate of drug-likeness (QED) is 0.326. The highest BCUT2D eigenvalue weighted by Gasteiger charge is 2.13. The average Bonchev–Trinajstić information content (AvgIpc) is 2.83. The number of nitrogens with zero attached hydrogens (tertiary/aromatic N) is 1. The lowest BCUT2D eigenvalue weighted by Crippen LogP contribution is -2.07. The van der Waals surface area contributed by atoms with Crippen molar-refractivity contribution in [3.05, 3.63) is 60.0 Å². The number of nitriles is 1. The molecule has 2 aromatic carbocycles. The maximum atomic E-state index is 9.60. The van der Waals surface area contributed by atoms with Crippen molar-refractivity contribution < 1.29 is 4.74 Å². The Bertz CT molecular complexity index is 812. The Morgan fingerprint density at radius 3 is 2.35 bits per heavy atom. The standard InChI is InChI=1S/C29H38NO/c1-2-3-4-5-6-10-21-31-29-20-19-27(22-28(29)23-30)26-17-15-25(16-18-26)14-13-24-11-8-7-9-12-24/h7,15-20,22,24H,2-6,8-14,21H2,1H3. The fraction of sp³-hybridized carbons (Fsp3) is 0.517. The Labute approximate surface area is 189 Å². The molecule has 0 aliphatic heterocycles. The molecule has 0 atom stereocenters. The van der Waals surface area contributed by atoms with Gasteiger partial charge in [0.15, 0.2) is 0 Å². The van der Waals surface area contributed by atoms with Crippen LogP contribution in [-0.4, -0.2) is 6.61 Å². The Kier molecular flexibility index (Phi) is 9.97. The van der Waals surface area contributed by atoms with Gasteiger partial charge in [-0.15, -0.1) is 0 Å². The second kappa shape index (κ2) is 13.2. The zero-order chi connectivity index (χ0) is 21.7. The van der Waals surface area contributed by atoms with Crippen molar-refractivity contribution in [3.8, 4) is 22.9 Å². The molecule has 1 saturated carbocycles. The van der Waals surface area contributed by atoms with Crippen molar-refractivity contribution >= 4 is 0 Å². The Morgan fingerprint density at radius 1 is 0.903 bits per heavy atom. The third-order valence-corrected chi connectivity index (χ3v) is 6.54. The molecule has 2 nitrogen and oxygen atoms in total. The number of rotatable bonds is 12. The van der Waals surface area contributed by atoms with Gasteiger partial charge in [0.1, 0.15) is 11.8 Å². The van der Waals surface area contributed by atoms with Gasteiger partial charge in [-0.25, -0.2) is 0 Å². The fourth-order valence-corrected chi connectivity index (χ4v) is 4.51. The van der Waals surface area contributed by atoms with E-state index in [1.807, 2.05) is 12.1 Å². The predicted octanol–water partition coefficient (Wildman–Crippen LogP) is 8.29. The van der Waals surface area contributed by atoms with Crippen LogP contribution < -0.4 is 4.74 Å². The van der Waals surface area contributed by atoms with Gasteiger partial charge in [-0.3, -0.25) is 0 Å². The van der Waals surface area contributed by atoms with E-state index < -0.39 is 0 Å². The average molecular weight is 417 g/mol. The van der Waals surface area contributed by atoms with Gasteiger partial charge in [0.25, 0.3) is 0 Å². The van der Waals surface area contributed by atoms with E-state index in [0.29, 0.717) is 17.9 Å². The van der Waals surface area contributed by atoms with Crippen LogP contribution in [0.25, 0.3) is 11.1 Å². The van der Waals surface area contributed by atoms with Crippen molar-refractivity contribution in [1.82, 2.24) is 0 Å². The lowest BCUT2D eigenvalue weighted by Gasteiger charge is -2.21. The summed E-state index contributed by atoms with van der Waals surface area (Å²) in [6, 6.07) is 17.2. The van der Waals surface area contributed by atoms with Gasteiger partial charge in [-0.05, 0) is 73.3 Å². The molecule has 0 saturated heterocycles. The molecular weight excluding hydrogens is 378 g/mol. The summed E-state index contributed by atoms with van der Waals surface area (Å²) in [5.74, 6) is 1.60. The van der Waals surface area contributed by atoms with Crippen LogP contribution in [-0.2, 0) is 6.42 Å². The maximum Gasteiger partial charge on any atom is 0.137 e. The van der Waals surface area contributed by atoms with Crippen molar-refractivity contribution in [1.29, 1.82) is 5.26 Å². The highest BCUT2D eigenvalue weighted by atomic mass is 16.5. The van der Waals surface area contributed by atoms with Crippen LogP contribution in [0, 0.1) is 23.7 Å². The molecule has 1 radical (unpaired) electrons. The summed E-state index contributed by atoms with van der Waals surface area (Å²) in [5.41, 5.74) is 4.28. The molecule has 1 fully saturated rings. The summed E-state index contributed by atoms with van der Waals surface area (Å²) in [7, 11) is 0. The first-order chi connectivity index (χ1) is 15.3. The van der Waals surface area contributed by atoms with Gasteiger partial charge in [0, 0.05) is 0 Å². The topological polar surface area (TPSA) is 33.0 Å². The summed E-state index contributed by atoms with van der Waals surface area (Å²) in [6.07, 6.45) is 17.7. The number of aryl methyl sites for hydroxylation is 1. The van der Waals surface area contributed by atoms with Gasteiger partial charge >= 0.3 is 0 Å². The van der Waals surface area contributed by atoms with Crippen molar-refractivity contribution in [2.45, 2.75) is 84.0 Å². The Hall–Kier alpha value is -2.27. The van der Waals surface area contributed by atoms with E-state index in [1.165, 1.54) is 76.2 Å². The van der Waals surface area contributed by atoms with E-state index in [2.05, 4.69) is 49.7 Å². The van der Waals surface area contributed by atoms with E-state index >= 15 is 0 Å². The van der Waals surface area contributed by atoms with Gasteiger partial charge in [-0.2, -0.15) is 5.26 Å². The van der Waals surface area contributed by atoms with Gasteiger partial charge in [0.2, 0.25) is 0 Å². The molecule has 1 aliphatic carbocycles. The van der Waals surface area contributed by atoms with Crippen molar-refractivity contribution in [3.63, 3.8) is 0 Å². The van der Waals surface area contributed by atoms with Crippen LogP contribution in [0.15, 0.2) is 42.5 Å². The van der Waals surface area contributed by atoms with Crippen molar-refractivity contribution in [2.24, 2.45) is 5.92 Å². The molecule has 0 N–H and O–H groups in total. The SMILES string of the molecule is CCCCCCCCOc1ccc(-c2ccc(CCC3CC[CH]CC3)cc2)cc1C#N. The van der Waals surface area contributed by atoms with Crippen LogP contribution in [0.1, 0.15) is 88.7 Å². The van der Waals surface area contributed by atoms with E-state index in [-0.39, 0.29) is 0 Å². The number of hydrogen-bond donors (Lipinski definition) is 0. The number of benzene rings is 2. The van der Waals surface area contributed by atoms with E-state index in [1.54, 1.807) is 0 Å². The second-order valence-electron chi connectivity index (χ2n) is 8.98. The highest BCUT2D eigenvalue weighted by molar-refractivity contribution is 5.67. The van der Waals surface area contributed by atoms with Gasteiger partial charge in [0.05, 0.1) is 12.2 Å². The molecule has 2 aromatic rings. The molecule has 0 heterocycles. The normalized spacial score (nSPS) is 14.3. The third kappa shape index (κ3) is 7.73. The molecule has 165 valence electrons. The molecule has 31 heavy (non-hydrogen) atoms. The molecule has 3 rings (SSSR count). The minimum Gasteiger partial charge on any atom is -0.492 e. The predicted molar refractivity (Wildman–Crippen MR) is 130 cm³/mol. The number of unbranched alkanes of at least 4 members (excludes halogenated alkanes) is 5. The maximum absolute atomic E-state index is 9.60. The fourth-order valence-electron chi connectivity index (χ4n) is 4.51. The van der Waals surface area contributed by atoms with Crippen LogP contribution >= 0.6 is 0 Å². The molecule has 0 spiro atoms. The molecule has 1 aliphatic rings. The Morgan fingerprint density at radius 2 is 1.61 bits per heavy atom. The summed E-state index contributed by atoms with van der Waals surface area (Å²) in [5, 5.41) is 9.60. The van der Waals surface area contributed by atoms with Crippen LogP contribution in [0.5, 0.6) is 5.75 Å². The summed E-state index contributed by atoms with van der Waals surface area (Å²) >= 11 is 0. The monoisotopic (exact) mass is 416 g/mol. The molecular formula is C29H38NO. The van der Waals surface area contributed by atoms with Gasteiger partial charge < -0.3 is 4.74 Å². The zero-order valence-electron chi connectivity index (χ0n) is 19.2. The first kappa shape index (κ1) is 23.4. The van der Waals surface area contributed by atoms with Crippen LogP contribution in [0.4, 0.5) is 0 Å². The second-order valence-corrected chi connectivity index (χ2v) is 8.98. The van der Waals surface area contributed by atoms with Crippen LogP contribution in [0.3, 0.4) is 0 Å². The van der Waals surface area contributed by atoms with E-state index in [4.69, 9.17) is 4.74 Å². The number of hydrogen-bond acceptors (Lipinski definition) is 2. The van der Waals surface area contributed by atoms with E-state index in [0.717, 1.165) is 23.5 Å². The van der Waals surface area contributed by atoms with Crippen molar-refractivity contribution in [2.75, 3.05) is 6.61 Å². The Balaban J connectivity index is 1.50. The van der Waals surface area contributed by atoms with Crippen LogP contribution in [0.2, 0.25) is 0 Å². The minimum atomic E-state index is 0.627. The van der Waals surface area contributed by atoms with E-state index in [9.17, 15) is 5.26 Å². The van der Waals surface area contributed by atoms with Gasteiger partial charge in [-0.1, -0.05) is 82.2 Å². The molecule has 2 heteroatoms. The third-order valence-electron chi connectivity index (χ3n) is 6.54. The zero-order valence-corrected chi connectivity index (χ0v) is 19.2. The smallest absolute Gasteiger partial charge is 0.137 e. The summed E-state index contributed by atoms with van der Waals surface area (Å²) in [4.78, 5) is 0. The first-order valence-electron chi connectivity index (χ1n) is 12.4. The molecule has 0 bridgehead atoms. The molecule has 0 amide bonds. The summed E-state index contributed by atoms with van der Waals surface area (Å²) < 4.78 is 5.91. The lowest BCUT2D eigenvalue weighted by atomic mass is 9.85. The minimum absolute atomic E-state index is 0.627. The first-order valence-corrected chi connectivity index (χ1v) is 12.4.